The Morgan fingerprint density at radius 1 is 1.29 bits per heavy atom. The highest BCUT2D eigenvalue weighted by molar-refractivity contribution is 5.92. The van der Waals surface area contributed by atoms with Crippen molar-refractivity contribution in [3.8, 4) is 0 Å². The molecule has 0 aliphatic heterocycles. The van der Waals surface area contributed by atoms with Gasteiger partial charge in [-0.25, -0.2) is 4.79 Å². The minimum absolute atomic E-state index is 0.379. The number of rotatable bonds is 2. The maximum absolute atomic E-state index is 10.4. The minimum Gasteiger partial charge on any atom is -0.478 e. The molecule has 0 saturated carbocycles. The number of carboxylic acid groups (broad SMARTS) is 1. The molecule has 14 heavy (non-hydrogen) atoms. The fourth-order valence-corrected chi connectivity index (χ4v) is 0.602. The van der Waals surface area contributed by atoms with E-state index in [0.717, 1.165) is 6.08 Å². The van der Waals surface area contributed by atoms with Crippen molar-refractivity contribution < 1.29 is 14.7 Å². The van der Waals surface area contributed by atoms with Gasteiger partial charge in [0, 0.05) is 11.6 Å². The van der Waals surface area contributed by atoms with Crippen molar-refractivity contribution in [2.45, 2.75) is 0 Å². The summed E-state index contributed by atoms with van der Waals surface area (Å²) in [4.78, 5) is 19.7. The van der Waals surface area contributed by atoms with Gasteiger partial charge in [0.05, 0.1) is 0 Å². The van der Waals surface area contributed by atoms with Crippen LogP contribution < -0.4 is 5.73 Å². The van der Waals surface area contributed by atoms with Gasteiger partial charge < -0.3 is 10.8 Å². The zero-order valence-electron chi connectivity index (χ0n) is 7.51. The van der Waals surface area contributed by atoms with Crippen molar-refractivity contribution in [3.05, 3.63) is 48.6 Å². The lowest BCUT2D eigenvalue weighted by Crippen LogP contribution is -2.09. The van der Waals surface area contributed by atoms with Crippen molar-refractivity contribution in [3.63, 3.8) is 0 Å². The molecular weight excluding hydrogens is 182 g/mol. The van der Waals surface area contributed by atoms with E-state index < -0.39 is 5.97 Å². The highest BCUT2D eigenvalue weighted by atomic mass is 16.4. The molecule has 0 spiro atoms. The van der Waals surface area contributed by atoms with Crippen LogP contribution in [0.1, 0.15) is 10.4 Å². The molecule has 1 rings (SSSR count). The van der Waals surface area contributed by atoms with Crippen LogP contribution in [0.15, 0.2) is 43.0 Å². The van der Waals surface area contributed by atoms with Gasteiger partial charge in [0.25, 0.3) is 0 Å². The molecule has 0 aromatic heterocycles. The van der Waals surface area contributed by atoms with Crippen LogP contribution in [0.5, 0.6) is 0 Å². The number of nitrogens with two attached hydrogens (primary N) is 1. The molecule has 0 aliphatic rings. The fourth-order valence-electron chi connectivity index (χ4n) is 0.602. The van der Waals surface area contributed by atoms with Crippen LogP contribution in [-0.4, -0.2) is 17.0 Å². The molecule has 0 bridgehead atoms. The molecule has 1 aromatic carbocycles. The third-order valence-corrected chi connectivity index (χ3v) is 1.23. The Morgan fingerprint density at radius 3 is 1.93 bits per heavy atom. The van der Waals surface area contributed by atoms with E-state index in [-0.39, 0.29) is 5.91 Å². The molecule has 1 aromatic rings. The van der Waals surface area contributed by atoms with Gasteiger partial charge in [0.15, 0.2) is 0 Å². The van der Waals surface area contributed by atoms with Crippen LogP contribution in [0.25, 0.3) is 0 Å². The number of aliphatic carboxylic acids is 1. The number of hydrogen-bond donors (Lipinski definition) is 2. The summed E-state index contributed by atoms with van der Waals surface area (Å²) in [7, 11) is 0. The van der Waals surface area contributed by atoms with Crippen LogP contribution >= 0.6 is 0 Å². The lowest BCUT2D eigenvalue weighted by molar-refractivity contribution is -0.131. The first kappa shape index (κ1) is 11.9. The molecule has 0 aliphatic carbocycles. The molecule has 4 heteroatoms. The quantitative estimate of drug-likeness (QED) is 0.688. The summed E-state index contributed by atoms with van der Waals surface area (Å²) in [6.07, 6.45) is 0.833. The summed E-state index contributed by atoms with van der Waals surface area (Å²) in [5.74, 6) is -1.36. The zero-order chi connectivity index (χ0) is 11.0. The average molecular weight is 193 g/mol. The van der Waals surface area contributed by atoms with E-state index in [1.165, 1.54) is 0 Å². The molecule has 0 unspecified atom stereocenters. The number of benzene rings is 1. The van der Waals surface area contributed by atoms with Gasteiger partial charge in [-0.1, -0.05) is 24.8 Å². The lowest BCUT2D eigenvalue weighted by Gasteiger charge is -1.89. The number of hydrogen-bond acceptors (Lipinski definition) is 2. The van der Waals surface area contributed by atoms with Gasteiger partial charge in [-0.15, -0.1) is 0 Å². The van der Waals surface area contributed by atoms with Crippen LogP contribution in [0, 0.1) is 0 Å². The monoisotopic (exact) mass is 193 g/mol. The fraction of sp³-hybridized carbons (Fsp3) is 0. The van der Waals surface area contributed by atoms with Crippen molar-refractivity contribution >= 4 is 11.9 Å². The van der Waals surface area contributed by atoms with E-state index in [9.17, 15) is 9.59 Å². The molecular formula is C10H11NO3. The van der Waals surface area contributed by atoms with E-state index in [2.05, 4.69) is 6.58 Å². The standard InChI is InChI=1S/C7H7NO.C3H4O2/c8-7(9)6-4-2-1-3-5-6;1-2-3(4)5/h1-5H,(H2,8,9);2H,1H2,(H,4,5). The third kappa shape index (κ3) is 5.54. The molecule has 0 radical (unpaired) electrons. The van der Waals surface area contributed by atoms with E-state index >= 15 is 0 Å². The van der Waals surface area contributed by atoms with Gasteiger partial charge in [0.2, 0.25) is 5.91 Å². The van der Waals surface area contributed by atoms with Gasteiger partial charge in [-0.3, -0.25) is 4.79 Å². The van der Waals surface area contributed by atoms with Gasteiger partial charge in [0.1, 0.15) is 0 Å². The number of amides is 1. The first-order valence-electron chi connectivity index (χ1n) is 3.78. The molecule has 0 heterocycles. The first-order chi connectivity index (χ1) is 6.57. The Bertz CT molecular complexity index is 319. The second-order valence-corrected chi connectivity index (χ2v) is 2.27. The average Bonchev–Trinajstić information content (AvgIpc) is 2.20. The summed E-state index contributed by atoms with van der Waals surface area (Å²) >= 11 is 0. The molecule has 1 amide bonds. The van der Waals surface area contributed by atoms with Crippen molar-refractivity contribution in [2.24, 2.45) is 5.73 Å². The summed E-state index contributed by atoms with van der Waals surface area (Å²) in [6, 6.07) is 8.76. The molecule has 0 saturated heterocycles. The van der Waals surface area contributed by atoms with E-state index in [4.69, 9.17) is 10.8 Å². The predicted octanol–water partition coefficient (Wildman–Crippen LogP) is 1.04. The molecule has 0 fully saturated rings. The van der Waals surface area contributed by atoms with Crippen LogP contribution in [0.2, 0.25) is 0 Å². The summed E-state index contributed by atoms with van der Waals surface area (Å²) in [6.45, 7) is 2.96. The molecule has 3 N–H and O–H groups in total. The Labute approximate surface area is 81.7 Å². The normalized spacial score (nSPS) is 8.00. The highest BCUT2D eigenvalue weighted by Gasteiger charge is 1.93. The van der Waals surface area contributed by atoms with Crippen LogP contribution in [0.3, 0.4) is 0 Å². The van der Waals surface area contributed by atoms with Crippen molar-refractivity contribution in [1.82, 2.24) is 0 Å². The number of primary amides is 1. The second kappa shape index (κ2) is 6.42. The maximum Gasteiger partial charge on any atom is 0.327 e. The smallest absolute Gasteiger partial charge is 0.327 e. The number of carbonyl (C=O) groups is 2. The van der Waals surface area contributed by atoms with Crippen LogP contribution in [0.4, 0.5) is 0 Å². The van der Waals surface area contributed by atoms with Gasteiger partial charge in [-0.05, 0) is 12.1 Å². The van der Waals surface area contributed by atoms with E-state index in [0.29, 0.717) is 5.56 Å². The van der Waals surface area contributed by atoms with E-state index in [1.54, 1.807) is 24.3 Å². The Morgan fingerprint density at radius 2 is 1.71 bits per heavy atom. The Hall–Kier alpha value is -2.10. The second-order valence-electron chi connectivity index (χ2n) is 2.27. The van der Waals surface area contributed by atoms with E-state index in [1.807, 2.05) is 6.07 Å². The maximum atomic E-state index is 10.4. The third-order valence-electron chi connectivity index (χ3n) is 1.23. The summed E-state index contributed by atoms with van der Waals surface area (Å²) in [5, 5.41) is 7.60. The lowest BCUT2D eigenvalue weighted by atomic mass is 10.2. The SMILES string of the molecule is C=CC(=O)O.NC(=O)c1ccccc1. The van der Waals surface area contributed by atoms with Crippen LogP contribution in [-0.2, 0) is 4.79 Å². The van der Waals surface area contributed by atoms with Gasteiger partial charge >= 0.3 is 5.97 Å². The first-order valence-corrected chi connectivity index (χ1v) is 3.78. The molecule has 74 valence electrons. The van der Waals surface area contributed by atoms with Gasteiger partial charge in [-0.2, -0.15) is 0 Å². The predicted molar refractivity (Wildman–Crippen MR) is 52.8 cm³/mol. The molecule has 0 atom stereocenters. The summed E-state index contributed by atoms with van der Waals surface area (Å²) in [5.41, 5.74) is 5.53. The highest BCUT2D eigenvalue weighted by Crippen LogP contribution is 1.94. The number of carbonyl (C=O) groups excluding carboxylic acids is 1. The largest absolute Gasteiger partial charge is 0.478 e. The topological polar surface area (TPSA) is 80.4 Å². The zero-order valence-corrected chi connectivity index (χ0v) is 7.51. The Kier molecular flexibility index (Phi) is 5.46. The van der Waals surface area contributed by atoms with Crippen molar-refractivity contribution in [1.29, 1.82) is 0 Å². The number of carboxylic acids is 1. The Balaban J connectivity index is 0.000000292. The minimum atomic E-state index is -0.981. The molecule has 4 nitrogen and oxygen atoms in total. The van der Waals surface area contributed by atoms with Crippen molar-refractivity contribution in [2.75, 3.05) is 0 Å². The summed E-state index contributed by atoms with van der Waals surface area (Å²) < 4.78 is 0.